The zero-order chi connectivity index (χ0) is 20.4. The summed E-state index contributed by atoms with van der Waals surface area (Å²) in [5.41, 5.74) is 1.43. The van der Waals surface area contributed by atoms with E-state index >= 15 is 0 Å². The van der Waals surface area contributed by atoms with E-state index in [0.717, 1.165) is 62.1 Å². The van der Waals surface area contributed by atoms with Gasteiger partial charge in [-0.3, -0.25) is 9.69 Å². The molecule has 2 aliphatic rings. The third-order valence-corrected chi connectivity index (χ3v) is 5.77. The van der Waals surface area contributed by atoms with Gasteiger partial charge in [-0.15, -0.1) is 0 Å². The van der Waals surface area contributed by atoms with Crippen molar-refractivity contribution in [1.29, 1.82) is 0 Å². The second-order valence-corrected chi connectivity index (χ2v) is 7.95. The van der Waals surface area contributed by atoms with Crippen LogP contribution in [0.2, 0.25) is 0 Å². The van der Waals surface area contributed by atoms with Crippen LogP contribution in [0, 0.1) is 0 Å². The van der Waals surface area contributed by atoms with E-state index in [0.29, 0.717) is 31.0 Å². The summed E-state index contributed by atoms with van der Waals surface area (Å²) < 4.78 is 11.3. The van der Waals surface area contributed by atoms with Gasteiger partial charge in [0.05, 0.1) is 13.2 Å². The molecule has 1 aromatic heterocycles. The number of hydrogen-bond acceptors (Lipinski definition) is 6. The Bertz CT molecular complexity index is 947. The summed E-state index contributed by atoms with van der Waals surface area (Å²) in [7, 11) is 2.09. The Kier molecular flexibility index (Phi) is 5.87. The lowest BCUT2D eigenvalue weighted by Gasteiger charge is -2.34. The number of likely N-dealkylation sites (N-methyl/N-ethyl adjacent to an activating group) is 1. The van der Waals surface area contributed by atoms with E-state index in [2.05, 4.69) is 23.8 Å². The molecule has 2 aromatic rings. The number of aryl methyl sites for hydroxylation is 1. The third-order valence-electron chi connectivity index (χ3n) is 5.77. The van der Waals surface area contributed by atoms with Gasteiger partial charge in [-0.1, -0.05) is 6.92 Å². The van der Waals surface area contributed by atoms with Crippen molar-refractivity contribution in [2.45, 2.75) is 26.2 Å². The van der Waals surface area contributed by atoms with Crippen LogP contribution >= 0.6 is 0 Å². The Morgan fingerprint density at radius 1 is 1.17 bits per heavy atom. The molecular weight excluding hydrogens is 370 g/mol. The largest absolute Gasteiger partial charge is 0.494 e. The van der Waals surface area contributed by atoms with Gasteiger partial charge in [0.2, 0.25) is 5.91 Å². The molecular formula is C22H29N3O4. The zero-order valence-corrected chi connectivity index (χ0v) is 17.3. The molecule has 156 valence electrons. The number of benzene rings is 1. The Hall–Kier alpha value is -2.38. The van der Waals surface area contributed by atoms with Crippen molar-refractivity contribution in [3.63, 3.8) is 0 Å². The van der Waals surface area contributed by atoms with Gasteiger partial charge in [0.25, 0.3) is 0 Å². The number of amides is 1. The number of nitrogens with zero attached hydrogens (tertiary/aromatic N) is 3. The molecule has 1 fully saturated rings. The standard InChI is InChI=1S/C22H29N3O4/c1-3-13-28-16-6-7-19-18(14-16)17-5-4-8-25(21(17)22(27)29-19)20(26)15-24-11-9-23(2)10-12-24/h6-7,14H,3-5,8-13,15H2,1-2H3. The number of hydrogen-bond donors (Lipinski definition) is 0. The first-order valence-electron chi connectivity index (χ1n) is 10.5. The molecule has 1 aromatic carbocycles. The molecule has 0 atom stereocenters. The molecule has 4 rings (SSSR count). The van der Waals surface area contributed by atoms with Crippen molar-refractivity contribution in [3.05, 3.63) is 34.2 Å². The van der Waals surface area contributed by atoms with Crippen LogP contribution in [0.15, 0.2) is 27.4 Å². The first-order valence-corrected chi connectivity index (χ1v) is 10.5. The lowest BCUT2D eigenvalue weighted by atomic mass is 9.98. The normalized spacial score (nSPS) is 18.1. The summed E-state index contributed by atoms with van der Waals surface area (Å²) in [6.45, 7) is 7.24. The number of anilines is 1. The molecule has 0 saturated carbocycles. The maximum absolute atomic E-state index is 13.1. The van der Waals surface area contributed by atoms with Crippen molar-refractivity contribution < 1.29 is 13.9 Å². The molecule has 0 N–H and O–H groups in total. The van der Waals surface area contributed by atoms with E-state index in [9.17, 15) is 9.59 Å². The molecule has 0 radical (unpaired) electrons. The first-order chi connectivity index (χ1) is 14.1. The summed E-state index contributed by atoms with van der Waals surface area (Å²) in [5.74, 6) is 0.733. The van der Waals surface area contributed by atoms with Crippen LogP contribution in [-0.4, -0.2) is 68.6 Å². The van der Waals surface area contributed by atoms with Crippen LogP contribution in [0.1, 0.15) is 25.3 Å². The SMILES string of the molecule is CCCOc1ccc2oc(=O)c3c(c2c1)CCCN3C(=O)CN1CCN(C)CC1. The molecule has 29 heavy (non-hydrogen) atoms. The number of carbonyl (C=O) groups is 1. The van der Waals surface area contributed by atoms with Crippen LogP contribution in [0.25, 0.3) is 11.0 Å². The molecule has 3 heterocycles. The van der Waals surface area contributed by atoms with E-state index in [-0.39, 0.29) is 5.91 Å². The molecule has 0 aliphatic carbocycles. The van der Waals surface area contributed by atoms with Gasteiger partial charge in [-0.25, -0.2) is 4.79 Å². The lowest BCUT2D eigenvalue weighted by Crippen LogP contribution is -2.50. The highest BCUT2D eigenvalue weighted by Gasteiger charge is 2.30. The molecule has 0 bridgehead atoms. The van der Waals surface area contributed by atoms with E-state index in [1.807, 2.05) is 12.1 Å². The highest BCUT2D eigenvalue weighted by molar-refractivity contribution is 5.98. The second kappa shape index (κ2) is 8.55. The van der Waals surface area contributed by atoms with Crippen LogP contribution in [-0.2, 0) is 11.2 Å². The van der Waals surface area contributed by atoms with Crippen LogP contribution in [0.3, 0.4) is 0 Å². The molecule has 0 spiro atoms. The van der Waals surface area contributed by atoms with Crippen molar-refractivity contribution in [2.75, 3.05) is 57.8 Å². The third kappa shape index (κ3) is 4.16. The van der Waals surface area contributed by atoms with Crippen LogP contribution < -0.4 is 15.3 Å². The number of fused-ring (bicyclic) bond motifs is 3. The van der Waals surface area contributed by atoms with E-state index < -0.39 is 5.63 Å². The molecule has 1 amide bonds. The fourth-order valence-electron chi connectivity index (χ4n) is 4.13. The summed E-state index contributed by atoms with van der Waals surface area (Å²) in [4.78, 5) is 31.9. The van der Waals surface area contributed by atoms with E-state index in [1.54, 1.807) is 11.0 Å². The van der Waals surface area contributed by atoms with Crippen molar-refractivity contribution >= 4 is 22.6 Å². The first kappa shape index (κ1) is 19.9. The minimum atomic E-state index is -0.429. The maximum atomic E-state index is 13.1. The number of piperazine rings is 1. The summed E-state index contributed by atoms with van der Waals surface area (Å²) in [6.07, 6.45) is 2.52. The number of ether oxygens (including phenoxy) is 1. The summed E-state index contributed by atoms with van der Waals surface area (Å²) in [5, 5.41) is 0.866. The van der Waals surface area contributed by atoms with Crippen molar-refractivity contribution in [3.8, 4) is 5.75 Å². The van der Waals surface area contributed by atoms with Gasteiger partial charge in [0.15, 0.2) is 0 Å². The predicted molar refractivity (Wildman–Crippen MR) is 113 cm³/mol. The highest BCUT2D eigenvalue weighted by atomic mass is 16.5. The Morgan fingerprint density at radius 2 is 1.97 bits per heavy atom. The topological polar surface area (TPSA) is 66.2 Å². The molecule has 7 nitrogen and oxygen atoms in total. The Balaban J connectivity index is 1.64. The van der Waals surface area contributed by atoms with Crippen LogP contribution in [0.4, 0.5) is 5.69 Å². The fraction of sp³-hybridized carbons (Fsp3) is 0.545. The van der Waals surface area contributed by atoms with Crippen molar-refractivity contribution in [2.24, 2.45) is 0 Å². The van der Waals surface area contributed by atoms with Gasteiger partial charge in [-0.2, -0.15) is 0 Å². The average molecular weight is 399 g/mol. The maximum Gasteiger partial charge on any atom is 0.360 e. The Labute approximate surface area is 170 Å². The van der Waals surface area contributed by atoms with E-state index in [4.69, 9.17) is 9.15 Å². The summed E-state index contributed by atoms with van der Waals surface area (Å²) >= 11 is 0. The predicted octanol–water partition coefficient (Wildman–Crippen LogP) is 2.11. The Morgan fingerprint density at radius 3 is 2.72 bits per heavy atom. The van der Waals surface area contributed by atoms with Gasteiger partial charge in [-0.05, 0) is 50.1 Å². The second-order valence-electron chi connectivity index (χ2n) is 7.95. The number of carbonyl (C=O) groups excluding carboxylic acids is 1. The summed E-state index contributed by atoms with van der Waals surface area (Å²) in [6, 6.07) is 5.54. The molecule has 1 saturated heterocycles. The smallest absolute Gasteiger partial charge is 0.360 e. The van der Waals surface area contributed by atoms with Gasteiger partial charge < -0.3 is 19.0 Å². The molecule has 2 aliphatic heterocycles. The minimum Gasteiger partial charge on any atom is -0.494 e. The average Bonchev–Trinajstić information content (AvgIpc) is 2.73. The van der Waals surface area contributed by atoms with Gasteiger partial charge in [0.1, 0.15) is 17.0 Å². The van der Waals surface area contributed by atoms with Gasteiger partial charge >= 0.3 is 5.63 Å². The monoisotopic (exact) mass is 399 g/mol. The molecule has 0 unspecified atom stereocenters. The quantitative estimate of drug-likeness (QED) is 0.718. The molecule has 7 heteroatoms. The van der Waals surface area contributed by atoms with Crippen LogP contribution in [0.5, 0.6) is 5.75 Å². The minimum absolute atomic E-state index is 0.0273. The zero-order valence-electron chi connectivity index (χ0n) is 17.3. The van der Waals surface area contributed by atoms with E-state index in [1.165, 1.54) is 0 Å². The highest BCUT2D eigenvalue weighted by Crippen LogP contribution is 2.32. The van der Waals surface area contributed by atoms with Gasteiger partial charge in [0, 0.05) is 38.1 Å². The number of rotatable bonds is 5. The lowest BCUT2D eigenvalue weighted by molar-refractivity contribution is -0.120. The fourth-order valence-corrected chi connectivity index (χ4v) is 4.13. The van der Waals surface area contributed by atoms with Crippen molar-refractivity contribution in [1.82, 2.24) is 9.80 Å².